The molecule has 0 radical (unpaired) electrons. The zero-order chi connectivity index (χ0) is 69.2. The molecule has 100 heavy (non-hydrogen) atoms. The van der Waals surface area contributed by atoms with Crippen molar-refractivity contribution in [3.05, 3.63) is 59.2 Å². The van der Waals surface area contributed by atoms with Crippen LogP contribution < -0.4 is 4.74 Å². The number of rotatable bonds is 18. The van der Waals surface area contributed by atoms with E-state index in [1.807, 2.05) is 53.7 Å². The van der Waals surface area contributed by atoms with E-state index in [0.29, 0.717) is 93.3 Å². The summed E-state index contributed by atoms with van der Waals surface area (Å²) < 4.78 is 106. The summed E-state index contributed by atoms with van der Waals surface area (Å²) in [5.41, 5.74) is -10.5. The minimum atomic E-state index is -5.24. The highest BCUT2D eigenvalue weighted by molar-refractivity contribution is 5.83. The smallest absolute Gasteiger partial charge is 0.421 e. The van der Waals surface area contributed by atoms with Gasteiger partial charge < -0.3 is 39.0 Å². The number of cyclic esters (lactones) is 1. The molecule has 0 amide bonds. The van der Waals surface area contributed by atoms with Crippen molar-refractivity contribution in [3.8, 4) is 11.5 Å². The third-order valence-electron chi connectivity index (χ3n) is 20.7. The highest BCUT2D eigenvalue weighted by Gasteiger charge is 2.62. The number of benzene rings is 2. The Labute approximate surface area is 606 Å². The van der Waals surface area contributed by atoms with Crippen molar-refractivity contribution in [1.82, 2.24) is 0 Å². The second-order valence-corrected chi connectivity index (χ2v) is 29.5. The average molecular weight is 1450 g/mol. The zero-order valence-electron chi connectivity index (χ0n) is 57.7. The average Bonchev–Trinajstić information content (AvgIpc) is 0.813. The minimum Gasteiger partial charge on any atom is -0.508 e. The third-order valence-corrected chi connectivity index (χ3v) is 20.7. The molecule has 19 heteroatoms. The van der Waals surface area contributed by atoms with Gasteiger partial charge in [0.05, 0.1) is 28.3 Å². The van der Waals surface area contributed by atoms with Crippen LogP contribution in [0.4, 0.5) is 26.3 Å². The number of phenolic OH excluding ortho intramolecular Hbond substituents is 1. The highest BCUT2D eigenvalue weighted by atomic mass is 19.4. The third kappa shape index (κ3) is 27.3. The van der Waals surface area contributed by atoms with Crippen molar-refractivity contribution in [1.29, 1.82) is 0 Å². The van der Waals surface area contributed by atoms with Gasteiger partial charge in [0.25, 0.3) is 0 Å². The Bertz CT molecular complexity index is 2610. The van der Waals surface area contributed by atoms with Crippen LogP contribution in [-0.4, -0.2) is 81.4 Å². The van der Waals surface area contributed by atoms with E-state index < -0.39 is 69.3 Å². The molecule has 4 atom stereocenters. The highest BCUT2D eigenvalue weighted by Crippen LogP contribution is 2.62. The number of esters is 5. The molecular formula is C81H150F6O13. The van der Waals surface area contributed by atoms with Crippen molar-refractivity contribution in [2.75, 3.05) is 6.61 Å². The largest absolute Gasteiger partial charge is 0.508 e. The van der Waals surface area contributed by atoms with E-state index in [4.69, 9.17) is 28.8 Å². The molecule has 4 unspecified atom stereocenters. The van der Waals surface area contributed by atoms with Gasteiger partial charge in [-0.05, 0) is 248 Å². The summed E-state index contributed by atoms with van der Waals surface area (Å²) >= 11 is 0. The second kappa shape index (κ2) is 43.4. The number of carbonyl (C=O) groups excluding carboxylic acids is 5. The van der Waals surface area contributed by atoms with Crippen LogP contribution in [-0.2, 0) is 54.1 Å². The van der Waals surface area contributed by atoms with Gasteiger partial charge in [-0.2, -0.15) is 26.3 Å². The van der Waals surface area contributed by atoms with Crippen LogP contribution in [0.5, 0.6) is 11.5 Å². The van der Waals surface area contributed by atoms with Crippen LogP contribution in [0, 0.1) is 57.2 Å². The molecule has 8 rings (SSSR count). The van der Waals surface area contributed by atoms with Gasteiger partial charge in [-0.25, -0.2) is 4.79 Å². The lowest BCUT2D eigenvalue weighted by atomic mass is 9.47. The van der Waals surface area contributed by atoms with Crippen molar-refractivity contribution < 1.29 is 89.3 Å². The summed E-state index contributed by atoms with van der Waals surface area (Å²) in [5.74, 6) is 2.56. The molecule has 594 valence electrons. The van der Waals surface area contributed by atoms with Gasteiger partial charge >= 0.3 is 42.2 Å². The fraction of sp³-hybridized carbons (Fsp3) is 0.790. The van der Waals surface area contributed by atoms with Crippen molar-refractivity contribution in [3.63, 3.8) is 0 Å². The fourth-order valence-corrected chi connectivity index (χ4v) is 11.8. The molecule has 1 saturated heterocycles. The Morgan fingerprint density at radius 2 is 0.890 bits per heavy atom. The Kier molecular flexibility index (Phi) is 48.2. The first-order valence-electron chi connectivity index (χ1n) is 32.7. The lowest BCUT2D eigenvalue weighted by molar-refractivity contribution is -0.261. The Morgan fingerprint density at radius 1 is 0.530 bits per heavy atom. The first kappa shape index (κ1) is 111. The molecule has 4 bridgehead atoms. The van der Waals surface area contributed by atoms with E-state index in [1.165, 1.54) is 64.4 Å². The van der Waals surface area contributed by atoms with Crippen molar-refractivity contribution in [2.45, 2.75) is 356 Å². The first-order chi connectivity index (χ1) is 41.1. The molecule has 6 fully saturated rings. The SMILES string of the molecule is C.C.C.C.C.C.C.C.C.C.CCC(C)(C)C(=O)OC1(C(C)C)C2CC3CC(C2)CC1C3.CCC(C)(C)C(=O)OC1(C(C)C)CCCC1.CCC(C)(C)C(=O)OC1CCOC1=O.CCC(C)(C)C(=O)Oc1cc(C(C)(O)C(F)(F)F)cc(C(C)(O)C(F)(F)F)c1.CCC(C)c1ccc(O)cc1. The molecule has 1 aliphatic heterocycles. The number of carbonyl (C=O) groups is 5. The lowest BCUT2D eigenvalue weighted by Crippen LogP contribution is -2.63. The quantitative estimate of drug-likeness (QED) is 0.0553. The standard InChI is InChI=1S/C19H32O2.C18H22F6O4.C14H26O2.C10H16O4.C10H14O.10CH4/c1-6-18(4,5)17(20)21-19(12(2)3)15-8-13-7-14(10-15)11-16(19)9-13;1-6-14(2,3)13(25)28-12-8-10(15(4,26)17(19,20)21)7-11(9-12)16(5,27)18(22,23)24;1-6-13(4,5)12(15)16-14(11(2)3)9-7-8-10-14;1-4-10(2,3)9(12)14-7-5-6-13-8(7)11;1-3-8(2)9-4-6-10(11)7-5-9;;;;;;;;;;/h12-16H,6-11H2,1-5H3;7-9,26-27H,6H2,1-5H3;11H,6-10H2,1-5H3;7H,4-6H2,1-3H3;4-8,11H,3H2,1-2H3;10*1H4. The number of hydrogen-bond acceptors (Lipinski definition) is 13. The zero-order valence-corrected chi connectivity index (χ0v) is 57.7. The maximum atomic E-state index is 13.2. The summed E-state index contributed by atoms with van der Waals surface area (Å²) in [6.45, 7) is 36.5. The van der Waals surface area contributed by atoms with E-state index in [0.717, 1.165) is 43.9 Å². The number of phenols is 1. The van der Waals surface area contributed by atoms with Crippen LogP contribution in [0.1, 0.15) is 332 Å². The minimum absolute atomic E-state index is 0. The van der Waals surface area contributed by atoms with Gasteiger partial charge in [-0.15, -0.1) is 0 Å². The Hall–Kier alpha value is -4.91. The van der Waals surface area contributed by atoms with E-state index in [-0.39, 0.29) is 114 Å². The molecule has 0 spiro atoms. The molecule has 1 heterocycles. The predicted octanol–water partition coefficient (Wildman–Crippen LogP) is 23.9. The molecule has 3 N–H and O–H groups in total. The van der Waals surface area contributed by atoms with Crippen LogP contribution in [0.25, 0.3) is 0 Å². The van der Waals surface area contributed by atoms with Crippen LogP contribution in [0.2, 0.25) is 0 Å². The summed E-state index contributed by atoms with van der Waals surface area (Å²) in [6.07, 6.45) is 4.21. The van der Waals surface area contributed by atoms with Crippen molar-refractivity contribution in [2.24, 2.45) is 57.2 Å². The van der Waals surface area contributed by atoms with Crippen molar-refractivity contribution >= 4 is 29.8 Å². The topological polar surface area (TPSA) is 192 Å². The van der Waals surface area contributed by atoms with Gasteiger partial charge in [0.2, 0.25) is 6.10 Å². The number of halogens is 6. The molecule has 5 aliphatic carbocycles. The summed E-state index contributed by atoms with van der Waals surface area (Å²) in [6, 6.07) is 9.04. The van der Waals surface area contributed by atoms with Gasteiger partial charge in [-0.3, -0.25) is 19.2 Å². The molecule has 6 aliphatic rings. The first-order valence-corrected chi connectivity index (χ1v) is 32.7. The molecule has 13 nitrogen and oxygen atoms in total. The summed E-state index contributed by atoms with van der Waals surface area (Å²) in [5, 5.41) is 28.7. The van der Waals surface area contributed by atoms with E-state index in [9.17, 15) is 60.5 Å². The fourth-order valence-electron chi connectivity index (χ4n) is 11.8. The number of ether oxygens (including phenoxy) is 5. The van der Waals surface area contributed by atoms with Gasteiger partial charge in [0, 0.05) is 6.42 Å². The number of alkyl halides is 6. The molecule has 2 aromatic rings. The molecule has 0 aromatic heterocycles. The molecule has 2 aromatic carbocycles. The Balaban J connectivity index is -0.000000177. The molecular weight excluding hydrogens is 1290 g/mol. The predicted molar refractivity (Wildman–Crippen MR) is 402 cm³/mol. The summed E-state index contributed by atoms with van der Waals surface area (Å²) in [7, 11) is 0. The maximum absolute atomic E-state index is 13.2. The van der Waals surface area contributed by atoms with Gasteiger partial charge in [0.1, 0.15) is 22.7 Å². The molecule has 5 saturated carbocycles. The van der Waals surface area contributed by atoms with E-state index in [1.54, 1.807) is 32.9 Å². The number of aliphatic hydroxyl groups is 2. The summed E-state index contributed by atoms with van der Waals surface area (Å²) in [4.78, 5) is 59.7. The van der Waals surface area contributed by atoms with E-state index in [2.05, 4.69) is 48.5 Å². The van der Waals surface area contributed by atoms with Gasteiger partial charge in [0.15, 0.2) is 11.2 Å². The van der Waals surface area contributed by atoms with E-state index >= 15 is 0 Å². The van der Waals surface area contributed by atoms with Crippen LogP contribution in [0.3, 0.4) is 0 Å². The lowest BCUT2D eigenvalue weighted by Gasteiger charge is -2.62. The normalized spacial score (nSPS) is 21.4. The number of aromatic hydroxyl groups is 1. The monoisotopic (exact) mass is 1450 g/mol. The van der Waals surface area contributed by atoms with Crippen LogP contribution in [0.15, 0.2) is 42.5 Å². The van der Waals surface area contributed by atoms with Crippen LogP contribution >= 0.6 is 0 Å². The Morgan fingerprint density at radius 3 is 1.21 bits per heavy atom. The second-order valence-electron chi connectivity index (χ2n) is 29.5. The van der Waals surface area contributed by atoms with Gasteiger partial charge in [-0.1, -0.05) is 156 Å². The maximum Gasteiger partial charge on any atom is 0.421 e. The number of hydrogen-bond donors (Lipinski definition) is 3.